The van der Waals surface area contributed by atoms with E-state index in [0.29, 0.717) is 23.3 Å². The molecule has 31 heavy (non-hydrogen) atoms. The number of halogens is 1. The second kappa shape index (κ2) is 8.52. The highest BCUT2D eigenvalue weighted by Crippen LogP contribution is 2.25. The minimum absolute atomic E-state index is 0.0850. The van der Waals surface area contributed by atoms with E-state index >= 15 is 0 Å². The molecule has 0 amide bonds. The summed E-state index contributed by atoms with van der Waals surface area (Å²) in [6.45, 7) is 6.63. The highest BCUT2D eigenvalue weighted by molar-refractivity contribution is 9.10. The van der Waals surface area contributed by atoms with Crippen molar-refractivity contribution < 1.29 is 0 Å². The van der Waals surface area contributed by atoms with E-state index in [2.05, 4.69) is 45.4 Å². The van der Waals surface area contributed by atoms with Crippen LogP contribution in [0.1, 0.15) is 43.3 Å². The molecular formula is C25H23BrN4O. The molecule has 0 saturated carbocycles. The molecule has 4 rings (SSSR count). The number of terminal acetylenes is 1. The average molecular weight is 475 g/mol. The number of nitrogens with zero attached hydrogens (tertiary/aromatic N) is 4. The van der Waals surface area contributed by atoms with Crippen LogP contribution in [0, 0.1) is 19.3 Å². The van der Waals surface area contributed by atoms with E-state index in [1.54, 1.807) is 12.3 Å². The summed E-state index contributed by atoms with van der Waals surface area (Å²) in [5, 5.41) is 6.23. The Bertz CT molecular complexity index is 1420. The maximum absolute atomic E-state index is 13.4. The molecule has 2 aromatic carbocycles. The van der Waals surface area contributed by atoms with E-state index in [0.717, 1.165) is 33.1 Å². The Morgan fingerprint density at radius 3 is 2.77 bits per heavy atom. The first-order valence-corrected chi connectivity index (χ1v) is 11.0. The first-order chi connectivity index (χ1) is 15.0. The molecule has 0 aliphatic rings. The van der Waals surface area contributed by atoms with Gasteiger partial charge in [0.05, 0.1) is 23.7 Å². The summed E-state index contributed by atoms with van der Waals surface area (Å²) in [5.74, 6) is 3.46. The maximum Gasteiger partial charge on any atom is 0.282 e. The Balaban J connectivity index is 1.95. The van der Waals surface area contributed by atoms with Crippen molar-refractivity contribution in [3.8, 4) is 12.3 Å². The summed E-state index contributed by atoms with van der Waals surface area (Å²) in [7, 11) is 0. The Kier molecular flexibility index (Phi) is 5.79. The molecule has 6 heteroatoms. The van der Waals surface area contributed by atoms with Crippen LogP contribution in [-0.2, 0) is 6.54 Å². The molecule has 4 aromatic rings. The van der Waals surface area contributed by atoms with Gasteiger partial charge in [-0.3, -0.25) is 4.79 Å². The Labute approximate surface area is 189 Å². The third kappa shape index (κ3) is 3.70. The lowest BCUT2D eigenvalue weighted by Gasteiger charge is -2.14. The van der Waals surface area contributed by atoms with Crippen molar-refractivity contribution in [3.63, 3.8) is 0 Å². The van der Waals surface area contributed by atoms with Crippen molar-refractivity contribution >= 4 is 44.0 Å². The maximum atomic E-state index is 13.4. The molecule has 0 N–H and O–H groups in total. The molecule has 0 aliphatic heterocycles. The van der Waals surface area contributed by atoms with Crippen molar-refractivity contribution in [2.24, 2.45) is 5.10 Å². The first kappa shape index (κ1) is 21.1. The fourth-order valence-corrected chi connectivity index (χ4v) is 4.17. The SMILES string of the molecule is C#CCn1c(C)c(C=Nn2c([C@H](C)CC)nc3ccc(Br)cc3c2=O)c2ccccc21. The zero-order valence-electron chi connectivity index (χ0n) is 17.8. The van der Waals surface area contributed by atoms with Gasteiger partial charge in [0.1, 0.15) is 5.82 Å². The number of hydrogen-bond acceptors (Lipinski definition) is 3. The van der Waals surface area contributed by atoms with Crippen LogP contribution in [0.2, 0.25) is 0 Å². The minimum Gasteiger partial charge on any atom is -0.333 e. The average Bonchev–Trinajstić information content (AvgIpc) is 3.04. The summed E-state index contributed by atoms with van der Waals surface area (Å²) in [6.07, 6.45) is 8.19. The van der Waals surface area contributed by atoms with Gasteiger partial charge in [0.25, 0.3) is 5.56 Å². The molecule has 0 spiro atoms. The number of para-hydroxylation sites is 1. The predicted octanol–water partition coefficient (Wildman–Crippen LogP) is 5.45. The summed E-state index contributed by atoms with van der Waals surface area (Å²) in [4.78, 5) is 18.1. The van der Waals surface area contributed by atoms with Gasteiger partial charge in [0.2, 0.25) is 0 Å². The number of benzene rings is 2. The van der Waals surface area contributed by atoms with Gasteiger partial charge >= 0.3 is 0 Å². The Morgan fingerprint density at radius 1 is 1.26 bits per heavy atom. The monoisotopic (exact) mass is 474 g/mol. The van der Waals surface area contributed by atoms with Crippen LogP contribution >= 0.6 is 15.9 Å². The van der Waals surface area contributed by atoms with Crippen LogP contribution in [0.25, 0.3) is 21.8 Å². The molecule has 2 heterocycles. The van der Waals surface area contributed by atoms with Crippen molar-refractivity contribution in [1.82, 2.24) is 14.2 Å². The van der Waals surface area contributed by atoms with Crippen LogP contribution in [0.5, 0.6) is 0 Å². The number of rotatable bonds is 5. The Hall–Kier alpha value is -3.17. The van der Waals surface area contributed by atoms with Crippen molar-refractivity contribution in [2.45, 2.75) is 39.7 Å². The second-order valence-electron chi connectivity index (χ2n) is 7.61. The van der Waals surface area contributed by atoms with E-state index in [1.165, 1.54) is 4.68 Å². The van der Waals surface area contributed by atoms with Gasteiger partial charge in [-0.15, -0.1) is 6.42 Å². The molecule has 0 radical (unpaired) electrons. The van der Waals surface area contributed by atoms with Gasteiger partial charge in [-0.05, 0) is 37.6 Å². The van der Waals surface area contributed by atoms with E-state index in [9.17, 15) is 4.79 Å². The van der Waals surface area contributed by atoms with E-state index in [1.807, 2.05) is 43.3 Å². The van der Waals surface area contributed by atoms with Gasteiger partial charge < -0.3 is 4.57 Å². The van der Waals surface area contributed by atoms with Crippen molar-refractivity contribution in [1.29, 1.82) is 0 Å². The number of hydrogen-bond donors (Lipinski definition) is 0. The van der Waals surface area contributed by atoms with Crippen LogP contribution in [0.4, 0.5) is 0 Å². The summed E-state index contributed by atoms with van der Waals surface area (Å²) in [6, 6.07) is 13.6. The van der Waals surface area contributed by atoms with Crippen LogP contribution < -0.4 is 5.56 Å². The summed E-state index contributed by atoms with van der Waals surface area (Å²) >= 11 is 3.45. The molecule has 1 atom stereocenters. The molecule has 0 aliphatic carbocycles. The number of aromatic nitrogens is 3. The van der Waals surface area contributed by atoms with Gasteiger partial charge in [-0.2, -0.15) is 9.78 Å². The normalized spacial score (nSPS) is 12.6. The van der Waals surface area contributed by atoms with Gasteiger partial charge in [-0.1, -0.05) is 53.9 Å². The third-order valence-electron chi connectivity index (χ3n) is 5.72. The zero-order chi connectivity index (χ0) is 22.1. The van der Waals surface area contributed by atoms with E-state index < -0.39 is 0 Å². The highest BCUT2D eigenvalue weighted by atomic mass is 79.9. The molecule has 0 unspecified atom stereocenters. The lowest BCUT2D eigenvalue weighted by atomic mass is 10.1. The van der Waals surface area contributed by atoms with Crippen LogP contribution in [0.3, 0.4) is 0 Å². The molecule has 0 fully saturated rings. The molecule has 5 nitrogen and oxygen atoms in total. The largest absolute Gasteiger partial charge is 0.333 e. The topological polar surface area (TPSA) is 52.2 Å². The minimum atomic E-state index is -0.178. The zero-order valence-corrected chi connectivity index (χ0v) is 19.3. The number of fused-ring (bicyclic) bond motifs is 2. The smallest absolute Gasteiger partial charge is 0.282 e. The summed E-state index contributed by atoms with van der Waals surface area (Å²) < 4.78 is 4.36. The van der Waals surface area contributed by atoms with Crippen LogP contribution in [0.15, 0.2) is 56.8 Å². The predicted molar refractivity (Wildman–Crippen MR) is 131 cm³/mol. The molecule has 0 bridgehead atoms. The van der Waals surface area contributed by atoms with Gasteiger partial charge in [-0.25, -0.2) is 4.98 Å². The quantitative estimate of drug-likeness (QED) is 0.285. The second-order valence-corrected chi connectivity index (χ2v) is 8.52. The lowest BCUT2D eigenvalue weighted by Crippen LogP contribution is -2.23. The van der Waals surface area contributed by atoms with Gasteiger partial charge in [0.15, 0.2) is 0 Å². The molecular weight excluding hydrogens is 452 g/mol. The van der Waals surface area contributed by atoms with Crippen LogP contribution in [-0.4, -0.2) is 20.4 Å². The summed E-state index contributed by atoms with van der Waals surface area (Å²) in [5.41, 5.74) is 3.51. The fourth-order valence-electron chi connectivity index (χ4n) is 3.81. The molecule has 0 saturated heterocycles. The van der Waals surface area contributed by atoms with E-state index in [-0.39, 0.29) is 11.5 Å². The lowest BCUT2D eigenvalue weighted by molar-refractivity contribution is 0.613. The van der Waals surface area contributed by atoms with E-state index in [4.69, 9.17) is 11.4 Å². The fraction of sp³-hybridized carbons (Fsp3) is 0.240. The van der Waals surface area contributed by atoms with Gasteiger partial charge in [0, 0.05) is 32.6 Å². The van der Waals surface area contributed by atoms with Crippen molar-refractivity contribution in [3.05, 3.63) is 74.4 Å². The molecule has 156 valence electrons. The standard InChI is InChI=1S/C25H23BrN4O/c1-5-13-29-17(4)21(19-9-7-8-10-23(19)29)15-27-30-24(16(3)6-2)28-22-12-11-18(26)14-20(22)25(30)31/h1,7-12,14-16H,6,13H2,2-4H3/t16-/m1/s1. The Morgan fingerprint density at radius 2 is 2.03 bits per heavy atom. The highest BCUT2D eigenvalue weighted by Gasteiger charge is 2.17. The molecule has 2 aromatic heterocycles. The van der Waals surface area contributed by atoms with Crippen molar-refractivity contribution in [2.75, 3.05) is 0 Å². The third-order valence-corrected chi connectivity index (χ3v) is 6.21. The first-order valence-electron chi connectivity index (χ1n) is 10.2.